The second-order valence-electron chi connectivity index (χ2n) is 4.85. The van der Waals surface area contributed by atoms with Gasteiger partial charge in [0, 0.05) is 5.39 Å². The van der Waals surface area contributed by atoms with E-state index < -0.39 is 0 Å². The van der Waals surface area contributed by atoms with E-state index in [1.807, 2.05) is 13.0 Å². The topological polar surface area (TPSA) is 25.2 Å². The molecule has 0 aliphatic rings. The molecule has 1 aromatic heterocycles. The first-order valence-electron chi connectivity index (χ1n) is 6.86. The summed E-state index contributed by atoms with van der Waals surface area (Å²) in [7, 11) is 0. The third-order valence-corrected chi connectivity index (χ3v) is 3.41. The molecule has 21 heavy (non-hydrogen) atoms. The zero-order valence-corrected chi connectivity index (χ0v) is 11.6. The van der Waals surface area contributed by atoms with Crippen LogP contribution in [0.5, 0.6) is 0 Å². The number of benzene rings is 2. The molecule has 0 saturated carbocycles. The van der Waals surface area contributed by atoms with Crippen molar-refractivity contribution >= 4 is 11.0 Å². The van der Waals surface area contributed by atoms with Crippen LogP contribution in [0.1, 0.15) is 24.3 Å². The predicted octanol–water partition coefficient (Wildman–Crippen LogP) is 4.41. The van der Waals surface area contributed by atoms with Crippen LogP contribution < -0.4 is 5.32 Å². The molecule has 4 heteroatoms. The van der Waals surface area contributed by atoms with Gasteiger partial charge in [-0.3, -0.25) is 0 Å². The van der Waals surface area contributed by atoms with Crippen molar-refractivity contribution in [3.05, 3.63) is 71.5 Å². The molecule has 0 aliphatic carbocycles. The summed E-state index contributed by atoms with van der Waals surface area (Å²) in [6.07, 6.45) is 0. The molecular formula is C17H15F2NO. The highest BCUT2D eigenvalue weighted by atomic mass is 19.1. The van der Waals surface area contributed by atoms with E-state index in [1.165, 1.54) is 18.2 Å². The van der Waals surface area contributed by atoms with Crippen molar-refractivity contribution in [3.63, 3.8) is 0 Å². The summed E-state index contributed by atoms with van der Waals surface area (Å²) >= 11 is 0. The van der Waals surface area contributed by atoms with Gasteiger partial charge in [-0.1, -0.05) is 31.2 Å². The molecule has 2 nitrogen and oxygen atoms in total. The minimum atomic E-state index is -0.381. The molecule has 1 unspecified atom stereocenters. The molecule has 0 fully saturated rings. The molecule has 0 spiro atoms. The lowest BCUT2D eigenvalue weighted by Gasteiger charge is -2.15. The fourth-order valence-corrected chi connectivity index (χ4v) is 2.43. The zero-order chi connectivity index (χ0) is 14.8. The van der Waals surface area contributed by atoms with Gasteiger partial charge in [-0.25, -0.2) is 8.78 Å². The van der Waals surface area contributed by atoms with Crippen molar-refractivity contribution in [1.82, 2.24) is 5.32 Å². The van der Waals surface area contributed by atoms with Crippen molar-refractivity contribution in [2.24, 2.45) is 0 Å². The van der Waals surface area contributed by atoms with Gasteiger partial charge in [0.05, 0.1) is 6.04 Å². The summed E-state index contributed by atoms with van der Waals surface area (Å²) in [6.45, 7) is 2.68. The van der Waals surface area contributed by atoms with Gasteiger partial charge in [0.25, 0.3) is 0 Å². The molecule has 1 atom stereocenters. The summed E-state index contributed by atoms with van der Waals surface area (Å²) in [5.74, 6) is -0.0543. The molecular weight excluding hydrogens is 272 g/mol. The zero-order valence-electron chi connectivity index (χ0n) is 11.6. The van der Waals surface area contributed by atoms with E-state index >= 15 is 0 Å². The average Bonchev–Trinajstić information content (AvgIpc) is 2.91. The Balaban J connectivity index is 2.06. The normalized spacial score (nSPS) is 12.7. The summed E-state index contributed by atoms with van der Waals surface area (Å²) in [5.41, 5.74) is 1.12. The Morgan fingerprint density at radius 1 is 1.10 bits per heavy atom. The molecule has 2 aromatic carbocycles. The van der Waals surface area contributed by atoms with Gasteiger partial charge in [0.15, 0.2) is 11.4 Å². The standard InChI is InChI=1S/C17H15F2NO/c1-2-20-16(11-6-8-13(18)9-7-11)15-10-12-4-3-5-14(19)17(12)21-15/h3-10,16,20H,2H2,1H3. The lowest BCUT2D eigenvalue weighted by atomic mass is 10.0. The largest absolute Gasteiger partial charge is 0.456 e. The number of fused-ring (bicyclic) bond motifs is 1. The van der Waals surface area contributed by atoms with Gasteiger partial charge >= 0.3 is 0 Å². The Hall–Kier alpha value is -2.20. The van der Waals surface area contributed by atoms with Crippen molar-refractivity contribution in [3.8, 4) is 0 Å². The first-order chi connectivity index (χ1) is 10.2. The Kier molecular flexibility index (Phi) is 3.71. The van der Waals surface area contributed by atoms with E-state index in [4.69, 9.17) is 4.42 Å². The van der Waals surface area contributed by atoms with Crippen LogP contribution in [0.4, 0.5) is 8.78 Å². The average molecular weight is 287 g/mol. The van der Waals surface area contributed by atoms with E-state index in [0.717, 1.165) is 10.9 Å². The number of furan rings is 1. The highest BCUT2D eigenvalue weighted by Crippen LogP contribution is 2.29. The molecule has 3 rings (SSSR count). The molecule has 0 aliphatic heterocycles. The maximum atomic E-state index is 13.7. The smallest absolute Gasteiger partial charge is 0.169 e. The van der Waals surface area contributed by atoms with Gasteiger partial charge in [0.2, 0.25) is 0 Å². The Bertz CT molecular complexity index is 749. The number of hydrogen-bond donors (Lipinski definition) is 1. The van der Waals surface area contributed by atoms with Gasteiger partial charge in [0.1, 0.15) is 11.6 Å². The van der Waals surface area contributed by atoms with Crippen molar-refractivity contribution in [2.75, 3.05) is 6.54 Å². The van der Waals surface area contributed by atoms with Gasteiger partial charge in [-0.15, -0.1) is 0 Å². The quantitative estimate of drug-likeness (QED) is 0.769. The lowest BCUT2D eigenvalue weighted by Crippen LogP contribution is -2.21. The molecule has 0 amide bonds. The third kappa shape index (κ3) is 2.67. The van der Waals surface area contributed by atoms with E-state index in [9.17, 15) is 8.78 Å². The van der Waals surface area contributed by atoms with Crippen LogP contribution in [-0.2, 0) is 0 Å². The Labute approximate surface area is 121 Å². The van der Waals surface area contributed by atoms with E-state index in [2.05, 4.69) is 5.32 Å². The molecule has 1 N–H and O–H groups in total. The number of hydrogen-bond acceptors (Lipinski definition) is 2. The molecule has 0 radical (unpaired) electrons. The van der Waals surface area contributed by atoms with Crippen LogP contribution in [0.3, 0.4) is 0 Å². The lowest BCUT2D eigenvalue weighted by molar-refractivity contribution is 0.464. The summed E-state index contributed by atoms with van der Waals surface area (Å²) < 4.78 is 32.5. The van der Waals surface area contributed by atoms with Gasteiger partial charge < -0.3 is 9.73 Å². The Morgan fingerprint density at radius 3 is 2.52 bits per heavy atom. The number of rotatable bonds is 4. The number of halogens is 2. The maximum Gasteiger partial charge on any atom is 0.169 e. The SMILES string of the molecule is CCNC(c1ccc(F)cc1)c1cc2cccc(F)c2o1. The van der Waals surface area contributed by atoms with Crippen molar-refractivity contribution in [2.45, 2.75) is 13.0 Å². The van der Waals surface area contributed by atoms with E-state index in [1.54, 1.807) is 24.3 Å². The fourth-order valence-electron chi connectivity index (χ4n) is 2.43. The molecule has 1 heterocycles. The second kappa shape index (κ2) is 5.66. The monoisotopic (exact) mass is 287 g/mol. The summed E-state index contributed by atoms with van der Waals surface area (Å²) in [6, 6.07) is 12.6. The predicted molar refractivity (Wildman–Crippen MR) is 78.1 cm³/mol. The summed E-state index contributed by atoms with van der Waals surface area (Å²) in [5, 5.41) is 3.99. The van der Waals surface area contributed by atoms with Crippen LogP contribution in [0.25, 0.3) is 11.0 Å². The minimum Gasteiger partial charge on any atom is -0.456 e. The highest BCUT2D eigenvalue weighted by molar-refractivity contribution is 5.78. The highest BCUT2D eigenvalue weighted by Gasteiger charge is 2.18. The van der Waals surface area contributed by atoms with Crippen LogP contribution in [0.2, 0.25) is 0 Å². The maximum absolute atomic E-state index is 13.7. The van der Waals surface area contributed by atoms with Crippen LogP contribution in [0, 0.1) is 11.6 Å². The van der Waals surface area contributed by atoms with Crippen molar-refractivity contribution < 1.29 is 13.2 Å². The van der Waals surface area contributed by atoms with Crippen LogP contribution >= 0.6 is 0 Å². The number of nitrogens with one attached hydrogen (secondary N) is 1. The number of para-hydroxylation sites is 1. The van der Waals surface area contributed by atoms with E-state index in [0.29, 0.717) is 12.3 Å². The first-order valence-corrected chi connectivity index (χ1v) is 6.86. The van der Waals surface area contributed by atoms with Crippen LogP contribution in [-0.4, -0.2) is 6.54 Å². The molecule has 0 bridgehead atoms. The fraction of sp³-hybridized carbons (Fsp3) is 0.176. The Morgan fingerprint density at radius 2 is 1.86 bits per heavy atom. The van der Waals surface area contributed by atoms with E-state index in [-0.39, 0.29) is 23.3 Å². The van der Waals surface area contributed by atoms with Crippen molar-refractivity contribution in [1.29, 1.82) is 0 Å². The molecule has 3 aromatic rings. The van der Waals surface area contributed by atoms with Gasteiger partial charge in [-0.05, 0) is 36.4 Å². The van der Waals surface area contributed by atoms with Gasteiger partial charge in [-0.2, -0.15) is 0 Å². The second-order valence-corrected chi connectivity index (χ2v) is 4.85. The van der Waals surface area contributed by atoms with Crippen LogP contribution in [0.15, 0.2) is 52.9 Å². The molecule has 108 valence electrons. The first kappa shape index (κ1) is 13.8. The summed E-state index contributed by atoms with van der Waals surface area (Å²) in [4.78, 5) is 0. The molecule has 0 saturated heterocycles. The minimum absolute atomic E-state index is 0.234. The third-order valence-electron chi connectivity index (χ3n) is 3.41.